The lowest BCUT2D eigenvalue weighted by Gasteiger charge is -2.19. The summed E-state index contributed by atoms with van der Waals surface area (Å²) in [6, 6.07) is 25.7. The number of anilines is 3. The first-order valence-electron chi connectivity index (χ1n) is 9.26. The lowest BCUT2D eigenvalue weighted by Crippen LogP contribution is -2.25. The monoisotopic (exact) mass is 398 g/mol. The van der Waals surface area contributed by atoms with Gasteiger partial charge in [-0.05, 0) is 48.5 Å². The molecule has 3 N–H and O–H groups in total. The average Bonchev–Trinajstić information content (AvgIpc) is 3.29. The maximum absolute atomic E-state index is 10.6. The van der Waals surface area contributed by atoms with E-state index in [4.69, 9.17) is 5.41 Å². The molecule has 3 aromatic carbocycles. The van der Waals surface area contributed by atoms with Crippen molar-refractivity contribution in [2.24, 2.45) is 0 Å². The summed E-state index contributed by atoms with van der Waals surface area (Å²) >= 11 is 1.50. The van der Waals surface area contributed by atoms with Crippen molar-refractivity contribution in [2.75, 3.05) is 16.8 Å². The molecule has 1 aliphatic heterocycles. The molecule has 0 amide bonds. The third-order valence-electron chi connectivity index (χ3n) is 4.85. The van der Waals surface area contributed by atoms with Crippen molar-refractivity contribution in [2.45, 2.75) is 0 Å². The van der Waals surface area contributed by atoms with Crippen LogP contribution in [0, 0.1) is 5.41 Å². The smallest absolute Gasteiger partial charge is 0.139 e. The van der Waals surface area contributed by atoms with Crippen molar-refractivity contribution in [1.82, 2.24) is 4.98 Å². The number of nitrogens with zero attached hydrogens (tertiary/aromatic N) is 2. The summed E-state index contributed by atoms with van der Waals surface area (Å²) in [6.45, 7) is 0.273. The van der Waals surface area contributed by atoms with Crippen LogP contribution in [0.1, 0.15) is 5.01 Å². The van der Waals surface area contributed by atoms with E-state index in [0.29, 0.717) is 10.6 Å². The molecule has 4 aromatic rings. The van der Waals surface area contributed by atoms with Crippen LogP contribution in [0.15, 0.2) is 84.6 Å². The Labute approximate surface area is 172 Å². The van der Waals surface area contributed by atoms with Crippen LogP contribution in [0.2, 0.25) is 0 Å². The van der Waals surface area contributed by atoms with E-state index in [1.165, 1.54) is 11.3 Å². The number of benzene rings is 3. The van der Waals surface area contributed by atoms with Crippen molar-refractivity contribution in [3.8, 4) is 0 Å². The quantitative estimate of drug-likeness (QED) is 0.406. The van der Waals surface area contributed by atoms with Crippen molar-refractivity contribution in [3.63, 3.8) is 0 Å². The van der Waals surface area contributed by atoms with Gasteiger partial charge in [0.05, 0.1) is 22.3 Å². The van der Waals surface area contributed by atoms with Crippen LogP contribution in [0.5, 0.6) is 0 Å². The Balaban J connectivity index is 1.38. The topological polar surface area (TPSA) is 72.2 Å². The third-order valence-corrected chi connectivity index (χ3v) is 5.91. The molecule has 29 heavy (non-hydrogen) atoms. The van der Waals surface area contributed by atoms with Crippen LogP contribution in [0.25, 0.3) is 15.8 Å². The van der Waals surface area contributed by atoms with Crippen LogP contribution in [0.3, 0.4) is 0 Å². The van der Waals surface area contributed by atoms with Crippen molar-refractivity contribution in [3.05, 3.63) is 89.6 Å². The summed E-state index contributed by atoms with van der Waals surface area (Å²) in [5, 5.41) is 23.2. The summed E-state index contributed by atoms with van der Waals surface area (Å²) in [5.74, 6) is 0.450. The molecule has 142 valence electrons. The van der Waals surface area contributed by atoms with Gasteiger partial charge in [0, 0.05) is 17.1 Å². The average molecular weight is 398 g/mol. The van der Waals surface area contributed by atoms with Gasteiger partial charge >= 0.3 is 0 Å². The largest absolute Gasteiger partial charge is 0.510 e. The minimum absolute atomic E-state index is 0.181. The number of aliphatic hydroxyl groups is 1. The van der Waals surface area contributed by atoms with Crippen LogP contribution in [0.4, 0.5) is 17.1 Å². The standard InChI is InChI=1S/C23H18N4OS/c24-22-21(23-26-18-8-4-5-9-20(18)29-23)19(28)14-27(22)17-12-10-16(11-13-17)25-15-6-2-1-3-7-15/h1-13,24-25,28H,14H2. The van der Waals surface area contributed by atoms with Gasteiger partial charge in [-0.1, -0.05) is 30.3 Å². The van der Waals surface area contributed by atoms with E-state index in [9.17, 15) is 5.11 Å². The van der Waals surface area contributed by atoms with Gasteiger partial charge in [0.2, 0.25) is 0 Å². The van der Waals surface area contributed by atoms with Crippen LogP contribution in [-0.2, 0) is 0 Å². The van der Waals surface area contributed by atoms with Crippen LogP contribution < -0.4 is 10.2 Å². The molecule has 1 aromatic heterocycles. The van der Waals surface area contributed by atoms with E-state index < -0.39 is 0 Å². The number of thiazole rings is 1. The molecule has 2 heterocycles. The molecule has 0 saturated carbocycles. The highest BCUT2D eigenvalue weighted by atomic mass is 32.1. The van der Waals surface area contributed by atoms with E-state index in [1.54, 1.807) is 4.90 Å². The highest BCUT2D eigenvalue weighted by molar-refractivity contribution is 7.19. The number of nitrogens with one attached hydrogen (secondary N) is 2. The van der Waals surface area contributed by atoms with Crippen molar-refractivity contribution in [1.29, 1.82) is 5.41 Å². The first-order valence-corrected chi connectivity index (χ1v) is 10.1. The minimum atomic E-state index is 0.181. The number of amidine groups is 1. The Hall–Kier alpha value is -3.64. The second-order valence-corrected chi connectivity index (χ2v) is 7.81. The van der Waals surface area contributed by atoms with Gasteiger partial charge in [-0.15, -0.1) is 11.3 Å². The molecular formula is C23H18N4OS. The Bertz CT molecular complexity index is 1200. The maximum Gasteiger partial charge on any atom is 0.139 e. The molecule has 0 spiro atoms. The van der Waals surface area contributed by atoms with E-state index in [2.05, 4.69) is 10.3 Å². The Morgan fingerprint density at radius 3 is 2.34 bits per heavy atom. The lowest BCUT2D eigenvalue weighted by atomic mass is 10.2. The molecule has 5 nitrogen and oxygen atoms in total. The molecule has 5 rings (SSSR count). The molecule has 1 aliphatic rings. The van der Waals surface area contributed by atoms with Gasteiger partial charge in [0.15, 0.2) is 0 Å². The van der Waals surface area contributed by atoms with Gasteiger partial charge in [-0.3, -0.25) is 5.41 Å². The molecule has 0 bridgehead atoms. The van der Waals surface area contributed by atoms with E-state index >= 15 is 0 Å². The molecule has 6 heteroatoms. The first-order chi connectivity index (χ1) is 14.2. The number of hydrogen-bond acceptors (Lipinski definition) is 5. The van der Waals surface area contributed by atoms with Crippen LogP contribution >= 0.6 is 11.3 Å². The zero-order valence-electron chi connectivity index (χ0n) is 15.5. The fourth-order valence-electron chi connectivity index (χ4n) is 3.42. The highest BCUT2D eigenvalue weighted by Crippen LogP contribution is 2.35. The van der Waals surface area contributed by atoms with Crippen LogP contribution in [-0.4, -0.2) is 22.5 Å². The second kappa shape index (κ2) is 7.07. The van der Waals surface area contributed by atoms with Crippen molar-refractivity contribution < 1.29 is 5.11 Å². The summed E-state index contributed by atoms with van der Waals surface area (Å²) in [5.41, 5.74) is 4.24. The number of aliphatic hydroxyl groups excluding tert-OH is 1. The first kappa shape index (κ1) is 17.5. The Morgan fingerprint density at radius 1 is 0.897 bits per heavy atom. The second-order valence-electron chi connectivity index (χ2n) is 6.78. The van der Waals surface area contributed by atoms with E-state index in [-0.39, 0.29) is 18.1 Å². The normalized spacial score (nSPS) is 14.1. The minimum Gasteiger partial charge on any atom is -0.510 e. The van der Waals surface area contributed by atoms with Gasteiger partial charge in [-0.2, -0.15) is 0 Å². The Morgan fingerprint density at radius 2 is 1.59 bits per heavy atom. The number of aromatic nitrogens is 1. The van der Waals surface area contributed by atoms with Gasteiger partial charge < -0.3 is 15.3 Å². The van der Waals surface area contributed by atoms with Gasteiger partial charge in [-0.25, -0.2) is 4.98 Å². The fraction of sp³-hybridized carbons (Fsp3) is 0.0435. The summed E-state index contributed by atoms with van der Waals surface area (Å²) in [4.78, 5) is 6.40. The SMILES string of the molecule is N=C1C(c2nc3ccccc3s2)=C(O)CN1c1ccc(Nc2ccccc2)cc1. The van der Waals surface area contributed by atoms with E-state index in [1.807, 2.05) is 78.9 Å². The molecule has 0 saturated heterocycles. The third kappa shape index (κ3) is 3.23. The zero-order chi connectivity index (χ0) is 19.8. The lowest BCUT2D eigenvalue weighted by molar-refractivity contribution is 0.411. The number of hydrogen-bond donors (Lipinski definition) is 3. The fourth-order valence-corrected chi connectivity index (χ4v) is 4.45. The zero-order valence-corrected chi connectivity index (χ0v) is 16.3. The number of fused-ring (bicyclic) bond motifs is 1. The van der Waals surface area contributed by atoms with Crippen molar-refractivity contribution >= 4 is 50.0 Å². The number of para-hydroxylation sites is 2. The molecule has 0 fully saturated rings. The highest BCUT2D eigenvalue weighted by Gasteiger charge is 2.31. The summed E-state index contributed by atoms with van der Waals surface area (Å²) < 4.78 is 1.05. The van der Waals surface area contributed by atoms with Gasteiger partial charge in [0.25, 0.3) is 0 Å². The summed E-state index contributed by atoms with van der Waals surface area (Å²) in [7, 11) is 0. The molecule has 0 atom stereocenters. The molecule has 0 unspecified atom stereocenters. The maximum atomic E-state index is 10.6. The number of rotatable bonds is 4. The molecule has 0 aliphatic carbocycles. The van der Waals surface area contributed by atoms with E-state index in [0.717, 1.165) is 27.3 Å². The predicted molar refractivity (Wildman–Crippen MR) is 120 cm³/mol. The van der Waals surface area contributed by atoms with Gasteiger partial charge in [0.1, 0.15) is 16.6 Å². The molecular weight excluding hydrogens is 380 g/mol. The predicted octanol–water partition coefficient (Wildman–Crippen LogP) is 5.81. The summed E-state index contributed by atoms with van der Waals surface area (Å²) in [6.07, 6.45) is 0. The Kier molecular flexibility index (Phi) is 4.26. The molecule has 0 radical (unpaired) electrons.